The third kappa shape index (κ3) is 2.80. The Morgan fingerprint density at radius 3 is 2.68 bits per heavy atom. The molecule has 3 rings (SSSR count). The molecule has 0 N–H and O–H groups in total. The molecule has 5 heteroatoms. The van der Waals surface area contributed by atoms with Gasteiger partial charge in [0.15, 0.2) is 0 Å². The first-order valence-corrected chi connectivity index (χ1v) is 7.75. The summed E-state index contributed by atoms with van der Waals surface area (Å²) in [6, 6.07) is 4.36. The van der Waals surface area contributed by atoms with E-state index in [4.69, 9.17) is 4.74 Å². The van der Waals surface area contributed by atoms with Gasteiger partial charge in [-0.15, -0.1) is 5.10 Å². The molecular formula is C17H24N4O. The van der Waals surface area contributed by atoms with Crippen LogP contribution in [0, 0.1) is 13.8 Å². The molecule has 1 aliphatic rings. The number of hydrogen-bond donors (Lipinski definition) is 0. The predicted molar refractivity (Wildman–Crippen MR) is 87.5 cm³/mol. The van der Waals surface area contributed by atoms with Crippen LogP contribution < -0.4 is 9.64 Å². The molecule has 0 atom stereocenters. The second-order valence-corrected chi connectivity index (χ2v) is 7.03. The highest BCUT2D eigenvalue weighted by molar-refractivity contribution is 5.64. The van der Waals surface area contributed by atoms with E-state index in [1.54, 1.807) is 0 Å². The summed E-state index contributed by atoms with van der Waals surface area (Å²) in [5.74, 6) is 1.00. The van der Waals surface area contributed by atoms with Gasteiger partial charge < -0.3 is 9.64 Å². The zero-order valence-corrected chi connectivity index (χ0v) is 14.1. The van der Waals surface area contributed by atoms with Crippen molar-refractivity contribution in [3.63, 3.8) is 0 Å². The smallest absolute Gasteiger partial charge is 0.145 e. The van der Waals surface area contributed by atoms with Crippen molar-refractivity contribution in [2.75, 3.05) is 18.1 Å². The van der Waals surface area contributed by atoms with E-state index in [-0.39, 0.29) is 5.54 Å². The number of benzene rings is 1. The van der Waals surface area contributed by atoms with Crippen molar-refractivity contribution in [3.05, 3.63) is 35.2 Å². The first kappa shape index (κ1) is 14.9. The Balaban J connectivity index is 1.87. The first-order chi connectivity index (χ1) is 10.3. The summed E-state index contributed by atoms with van der Waals surface area (Å²) in [5.41, 5.74) is 4.56. The summed E-state index contributed by atoms with van der Waals surface area (Å²) in [4.78, 5) is 2.33. The fraction of sp³-hybridized carbons (Fsp3) is 0.529. The van der Waals surface area contributed by atoms with Gasteiger partial charge in [0.1, 0.15) is 18.1 Å². The van der Waals surface area contributed by atoms with Gasteiger partial charge in [-0.3, -0.25) is 0 Å². The lowest BCUT2D eigenvalue weighted by atomic mass is 10.1. The quantitative estimate of drug-likeness (QED) is 0.855. The minimum atomic E-state index is -0.0403. The fourth-order valence-electron chi connectivity index (χ4n) is 2.79. The Morgan fingerprint density at radius 1 is 1.23 bits per heavy atom. The fourth-order valence-corrected chi connectivity index (χ4v) is 2.79. The Morgan fingerprint density at radius 2 is 2.00 bits per heavy atom. The molecule has 0 aliphatic carbocycles. The summed E-state index contributed by atoms with van der Waals surface area (Å²) in [5, 5.41) is 8.58. The van der Waals surface area contributed by atoms with E-state index < -0.39 is 0 Å². The van der Waals surface area contributed by atoms with E-state index in [0.717, 1.165) is 30.2 Å². The Hall–Kier alpha value is -2.04. The molecule has 1 aromatic carbocycles. The van der Waals surface area contributed by atoms with Crippen LogP contribution in [0.4, 0.5) is 5.69 Å². The van der Waals surface area contributed by atoms with Gasteiger partial charge in [-0.25, -0.2) is 4.68 Å². The molecule has 0 radical (unpaired) electrons. The van der Waals surface area contributed by atoms with Gasteiger partial charge in [-0.2, -0.15) is 0 Å². The average molecular weight is 300 g/mol. The third-order valence-electron chi connectivity index (χ3n) is 3.93. The topological polar surface area (TPSA) is 43.2 Å². The highest BCUT2D eigenvalue weighted by Gasteiger charge is 2.22. The third-order valence-corrected chi connectivity index (χ3v) is 3.93. The van der Waals surface area contributed by atoms with Crippen molar-refractivity contribution in [3.8, 4) is 5.75 Å². The van der Waals surface area contributed by atoms with Crippen LogP contribution in [0.2, 0.25) is 0 Å². The minimum Gasteiger partial charge on any atom is -0.489 e. The van der Waals surface area contributed by atoms with Gasteiger partial charge in [0.2, 0.25) is 0 Å². The molecule has 0 saturated heterocycles. The second kappa shape index (κ2) is 5.30. The number of hydrogen-bond acceptors (Lipinski definition) is 4. The van der Waals surface area contributed by atoms with Crippen molar-refractivity contribution < 1.29 is 4.74 Å². The molecule has 2 aromatic rings. The molecule has 1 aromatic heterocycles. The lowest BCUT2D eigenvalue weighted by Gasteiger charge is -2.32. The van der Waals surface area contributed by atoms with E-state index in [9.17, 15) is 0 Å². The van der Waals surface area contributed by atoms with Gasteiger partial charge in [0, 0.05) is 0 Å². The van der Waals surface area contributed by atoms with Crippen LogP contribution in [0.3, 0.4) is 0 Å². The van der Waals surface area contributed by atoms with Gasteiger partial charge in [-0.1, -0.05) is 11.3 Å². The van der Waals surface area contributed by atoms with E-state index in [2.05, 4.69) is 62.0 Å². The van der Waals surface area contributed by atoms with Crippen molar-refractivity contribution in [1.29, 1.82) is 0 Å². The van der Waals surface area contributed by atoms with Gasteiger partial charge in [0.25, 0.3) is 0 Å². The standard InChI is InChI=1S/C17H24N4O/c1-12-8-13(2)16-15(9-12)20(6-7-22-16)10-14-11-21(19-18-14)17(3,4)5/h8-9,11H,6-7,10H2,1-5H3. The maximum absolute atomic E-state index is 5.85. The van der Waals surface area contributed by atoms with E-state index in [1.807, 2.05) is 10.9 Å². The van der Waals surface area contributed by atoms with Crippen LogP contribution in [-0.4, -0.2) is 28.1 Å². The highest BCUT2D eigenvalue weighted by Crippen LogP contribution is 2.36. The number of anilines is 1. The normalized spacial score (nSPS) is 14.7. The van der Waals surface area contributed by atoms with Crippen LogP contribution in [0.5, 0.6) is 5.75 Å². The molecule has 1 aliphatic heterocycles. The number of ether oxygens (including phenoxy) is 1. The van der Waals surface area contributed by atoms with Crippen molar-refractivity contribution >= 4 is 5.69 Å². The number of rotatable bonds is 2. The van der Waals surface area contributed by atoms with Gasteiger partial charge in [-0.05, 0) is 51.8 Å². The zero-order chi connectivity index (χ0) is 15.9. The summed E-state index contributed by atoms with van der Waals surface area (Å²) >= 11 is 0. The lowest BCUT2D eigenvalue weighted by molar-refractivity contribution is 0.304. The molecular weight excluding hydrogens is 276 g/mol. The average Bonchev–Trinajstić information content (AvgIpc) is 2.88. The van der Waals surface area contributed by atoms with Gasteiger partial charge >= 0.3 is 0 Å². The Kier molecular flexibility index (Phi) is 3.59. The van der Waals surface area contributed by atoms with Crippen molar-refractivity contribution in [2.45, 2.75) is 46.7 Å². The van der Waals surface area contributed by atoms with Crippen LogP contribution >= 0.6 is 0 Å². The van der Waals surface area contributed by atoms with Crippen molar-refractivity contribution in [1.82, 2.24) is 15.0 Å². The van der Waals surface area contributed by atoms with Crippen LogP contribution in [0.1, 0.15) is 37.6 Å². The predicted octanol–water partition coefficient (Wildman–Crippen LogP) is 3.05. The Labute approximate surface area is 131 Å². The summed E-state index contributed by atoms with van der Waals surface area (Å²) in [6.07, 6.45) is 2.04. The molecule has 0 spiro atoms. The largest absolute Gasteiger partial charge is 0.489 e. The molecule has 2 heterocycles. The van der Waals surface area contributed by atoms with Crippen LogP contribution in [-0.2, 0) is 12.1 Å². The SMILES string of the molecule is Cc1cc(C)c2c(c1)N(Cc1cn(C(C)(C)C)nn1)CCO2. The number of fused-ring (bicyclic) bond motifs is 1. The van der Waals surface area contributed by atoms with Gasteiger partial charge in [0.05, 0.1) is 30.5 Å². The van der Waals surface area contributed by atoms with E-state index in [1.165, 1.54) is 11.1 Å². The Bertz CT molecular complexity index is 684. The van der Waals surface area contributed by atoms with E-state index in [0.29, 0.717) is 6.61 Å². The molecule has 0 unspecified atom stereocenters. The maximum atomic E-state index is 5.85. The second-order valence-electron chi connectivity index (χ2n) is 7.03. The number of nitrogens with zero attached hydrogens (tertiary/aromatic N) is 4. The lowest BCUT2D eigenvalue weighted by Crippen LogP contribution is -2.32. The molecule has 0 saturated carbocycles. The summed E-state index contributed by atoms with van der Waals surface area (Å²) < 4.78 is 7.78. The summed E-state index contributed by atoms with van der Waals surface area (Å²) in [7, 11) is 0. The van der Waals surface area contributed by atoms with Crippen LogP contribution in [0.25, 0.3) is 0 Å². The highest BCUT2D eigenvalue weighted by atomic mass is 16.5. The molecule has 118 valence electrons. The molecule has 22 heavy (non-hydrogen) atoms. The zero-order valence-electron chi connectivity index (χ0n) is 14.1. The van der Waals surface area contributed by atoms with Crippen LogP contribution in [0.15, 0.2) is 18.3 Å². The van der Waals surface area contributed by atoms with E-state index >= 15 is 0 Å². The maximum Gasteiger partial charge on any atom is 0.145 e. The minimum absolute atomic E-state index is 0.0403. The van der Waals surface area contributed by atoms with Crippen molar-refractivity contribution in [2.24, 2.45) is 0 Å². The monoisotopic (exact) mass is 300 g/mol. The number of aromatic nitrogens is 3. The first-order valence-electron chi connectivity index (χ1n) is 7.75. The molecule has 5 nitrogen and oxygen atoms in total. The summed E-state index contributed by atoms with van der Waals surface area (Å²) in [6.45, 7) is 13.0. The molecule has 0 fully saturated rings. The molecule has 0 bridgehead atoms. The number of aryl methyl sites for hydroxylation is 2. The molecule has 0 amide bonds.